The topological polar surface area (TPSA) is 41.6 Å². The second-order valence-corrected chi connectivity index (χ2v) is 4.76. The minimum absolute atomic E-state index is 0. The van der Waals surface area contributed by atoms with Gasteiger partial charge >= 0.3 is 6.09 Å². The summed E-state index contributed by atoms with van der Waals surface area (Å²) in [4.78, 5) is 12.7. The van der Waals surface area contributed by atoms with E-state index < -0.39 is 11.7 Å². The Bertz CT molecular complexity index is 432. The van der Waals surface area contributed by atoms with Gasteiger partial charge in [0.15, 0.2) is 0 Å². The standard InChI is InChI=1S/C11H15NO2.C6H7N.CH4/c1-6-8-12(9-7-2)10(13)14-11(3,4)5;1-3-5-7-6-4-2;/h1-2H,8-9H2,3-5H3;1-2,7H,5-6H2;1H4. The van der Waals surface area contributed by atoms with Gasteiger partial charge in [-0.3, -0.25) is 10.2 Å². The lowest BCUT2D eigenvalue weighted by Gasteiger charge is -2.24. The fourth-order valence-corrected chi connectivity index (χ4v) is 0.939. The van der Waals surface area contributed by atoms with Gasteiger partial charge in [-0.15, -0.1) is 25.7 Å². The number of carbonyl (C=O) groups excluding carboxylic acids is 1. The van der Waals surface area contributed by atoms with Gasteiger partial charge in [0.05, 0.1) is 26.2 Å². The van der Waals surface area contributed by atoms with Gasteiger partial charge in [-0.25, -0.2) is 4.79 Å². The number of rotatable bonds is 4. The smallest absolute Gasteiger partial charge is 0.411 e. The van der Waals surface area contributed by atoms with E-state index >= 15 is 0 Å². The molecule has 0 aliphatic rings. The molecular formula is C18H26N2O2. The molecule has 0 spiro atoms. The average molecular weight is 302 g/mol. The van der Waals surface area contributed by atoms with Gasteiger partial charge in [-0.05, 0) is 20.8 Å². The first-order valence-corrected chi connectivity index (χ1v) is 6.24. The van der Waals surface area contributed by atoms with E-state index in [-0.39, 0.29) is 20.5 Å². The van der Waals surface area contributed by atoms with Crippen molar-refractivity contribution in [2.45, 2.75) is 33.8 Å². The summed E-state index contributed by atoms with van der Waals surface area (Å²) in [6, 6.07) is 0. The maximum atomic E-state index is 11.5. The van der Waals surface area contributed by atoms with Crippen molar-refractivity contribution in [2.24, 2.45) is 0 Å². The lowest BCUT2D eigenvalue weighted by molar-refractivity contribution is 0.0299. The van der Waals surface area contributed by atoms with Crippen molar-refractivity contribution in [3.63, 3.8) is 0 Å². The fraction of sp³-hybridized carbons (Fsp3) is 0.500. The predicted octanol–water partition coefficient (Wildman–Crippen LogP) is 1.97. The molecule has 0 unspecified atom stereocenters. The highest BCUT2D eigenvalue weighted by molar-refractivity contribution is 5.68. The van der Waals surface area contributed by atoms with E-state index in [2.05, 4.69) is 29.0 Å². The van der Waals surface area contributed by atoms with Crippen molar-refractivity contribution in [1.82, 2.24) is 10.2 Å². The summed E-state index contributed by atoms with van der Waals surface area (Å²) in [6.07, 6.45) is 19.5. The first kappa shape index (κ1) is 24.5. The molecule has 0 bridgehead atoms. The highest BCUT2D eigenvalue weighted by atomic mass is 16.6. The third-order valence-electron chi connectivity index (χ3n) is 1.67. The van der Waals surface area contributed by atoms with Crippen molar-refractivity contribution in [1.29, 1.82) is 0 Å². The number of carbonyl (C=O) groups is 1. The zero-order chi connectivity index (χ0) is 16.7. The molecule has 0 aromatic carbocycles. The number of terminal acetylenes is 4. The maximum Gasteiger partial charge on any atom is 0.411 e. The second kappa shape index (κ2) is 14.9. The summed E-state index contributed by atoms with van der Waals surface area (Å²) in [5, 5.41) is 2.81. The van der Waals surface area contributed by atoms with Crippen LogP contribution in [-0.2, 0) is 4.74 Å². The Balaban J connectivity index is -0.000000385. The summed E-state index contributed by atoms with van der Waals surface area (Å²) in [5.41, 5.74) is -0.529. The second-order valence-electron chi connectivity index (χ2n) is 4.76. The first-order chi connectivity index (χ1) is 9.82. The Labute approximate surface area is 136 Å². The molecule has 4 nitrogen and oxygen atoms in total. The summed E-state index contributed by atoms with van der Waals surface area (Å²) in [7, 11) is 0. The first-order valence-electron chi connectivity index (χ1n) is 6.24. The molecular weight excluding hydrogens is 276 g/mol. The average Bonchev–Trinajstić information content (AvgIpc) is 2.38. The minimum atomic E-state index is -0.529. The van der Waals surface area contributed by atoms with E-state index in [1.165, 1.54) is 4.90 Å². The monoisotopic (exact) mass is 302 g/mol. The van der Waals surface area contributed by atoms with Crippen LogP contribution in [0.1, 0.15) is 28.2 Å². The highest BCUT2D eigenvalue weighted by Gasteiger charge is 2.20. The molecule has 1 amide bonds. The Morgan fingerprint density at radius 1 is 1.00 bits per heavy atom. The van der Waals surface area contributed by atoms with E-state index in [9.17, 15) is 4.79 Å². The zero-order valence-electron chi connectivity index (χ0n) is 12.9. The van der Waals surface area contributed by atoms with Crippen molar-refractivity contribution < 1.29 is 9.53 Å². The number of ether oxygens (including phenoxy) is 1. The van der Waals surface area contributed by atoms with Crippen LogP contribution in [0.4, 0.5) is 4.79 Å². The summed E-state index contributed by atoms with van der Waals surface area (Å²) >= 11 is 0. The molecule has 0 aromatic rings. The van der Waals surface area contributed by atoms with E-state index in [4.69, 9.17) is 30.4 Å². The number of hydrogen-bond acceptors (Lipinski definition) is 3. The number of amides is 1. The molecule has 0 heterocycles. The summed E-state index contributed by atoms with van der Waals surface area (Å²) < 4.78 is 5.10. The van der Waals surface area contributed by atoms with Gasteiger partial charge in [0, 0.05) is 0 Å². The van der Waals surface area contributed by atoms with Gasteiger partial charge in [-0.1, -0.05) is 31.1 Å². The van der Waals surface area contributed by atoms with Crippen LogP contribution in [0.25, 0.3) is 0 Å². The third kappa shape index (κ3) is 17.5. The molecule has 120 valence electrons. The van der Waals surface area contributed by atoms with Crippen LogP contribution in [0, 0.1) is 49.4 Å². The number of nitrogens with one attached hydrogen (secondary N) is 1. The molecule has 22 heavy (non-hydrogen) atoms. The molecule has 0 saturated carbocycles. The third-order valence-corrected chi connectivity index (χ3v) is 1.67. The van der Waals surface area contributed by atoms with Crippen LogP contribution in [0.5, 0.6) is 0 Å². The van der Waals surface area contributed by atoms with Crippen molar-refractivity contribution in [3.8, 4) is 49.4 Å². The zero-order valence-corrected chi connectivity index (χ0v) is 12.9. The van der Waals surface area contributed by atoms with Gasteiger partial charge in [-0.2, -0.15) is 0 Å². The molecule has 0 aliphatic carbocycles. The Morgan fingerprint density at radius 3 is 1.68 bits per heavy atom. The molecule has 0 fully saturated rings. The highest BCUT2D eigenvalue weighted by Crippen LogP contribution is 2.09. The van der Waals surface area contributed by atoms with Crippen LogP contribution in [0.3, 0.4) is 0 Å². The van der Waals surface area contributed by atoms with Gasteiger partial charge < -0.3 is 4.74 Å². The molecule has 4 heteroatoms. The molecule has 0 radical (unpaired) electrons. The molecule has 0 aromatic heterocycles. The van der Waals surface area contributed by atoms with Crippen LogP contribution < -0.4 is 5.32 Å². The van der Waals surface area contributed by atoms with Crippen LogP contribution in [-0.4, -0.2) is 42.8 Å². The van der Waals surface area contributed by atoms with Gasteiger partial charge in [0.25, 0.3) is 0 Å². The van der Waals surface area contributed by atoms with E-state index in [1.54, 1.807) is 20.8 Å². The fourth-order valence-electron chi connectivity index (χ4n) is 0.939. The molecule has 0 rings (SSSR count). The number of nitrogens with zero attached hydrogens (tertiary/aromatic N) is 1. The van der Waals surface area contributed by atoms with Gasteiger partial charge in [0.2, 0.25) is 0 Å². The van der Waals surface area contributed by atoms with E-state index in [0.29, 0.717) is 13.1 Å². The van der Waals surface area contributed by atoms with Crippen molar-refractivity contribution in [3.05, 3.63) is 0 Å². The summed E-state index contributed by atoms with van der Waals surface area (Å²) in [6.45, 7) is 6.81. The lowest BCUT2D eigenvalue weighted by Crippen LogP contribution is -2.37. The quantitative estimate of drug-likeness (QED) is 0.638. The van der Waals surface area contributed by atoms with Crippen molar-refractivity contribution in [2.75, 3.05) is 26.2 Å². The SMILES string of the molecule is C.C#CCN(CC#C)C(=O)OC(C)(C)C.C#CCNCC#C. The molecule has 0 saturated heterocycles. The van der Waals surface area contributed by atoms with Crippen LogP contribution in [0.15, 0.2) is 0 Å². The van der Waals surface area contributed by atoms with Crippen LogP contribution in [0.2, 0.25) is 0 Å². The van der Waals surface area contributed by atoms with Gasteiger partial charge in [0.1, 0.15) is 5.60 Å². The Kier molecular flexibility index (Phi) is 16.6. The molecule has 0 aliphatic heterocycles. The molecule has 0 atom stereocenters. The lowest BCUT2D eigenvalue weighted by atomic mass is 10.2. The Hall–Kier alpha value is -2.53. The van der Waals surface area contributed by atoms with E-state index in [0.717, 1.165) is 0 Å². The van der Waals surface area contributed by atoms with Crippen molar-refractivity contribution >= 4 is 6.09 Å². The molecule has 1 N–H and O–H groups in total. The largest absolute Gasteiger partial charge is 0.444 e. The maximum absolute atomic E-state index is 11.5. The minimum Gasteiger partial charge on any atom is -0.444 e. The van der Waals surface area contributed by atoms with E-state index in [1.807, 2.05) is 0 Å². The Morgan fingerprint density at radius 2 is 1.41 bits per heavy atom. The predicted molar refractivity (Wildman–Crippen MR) is 92.7 cm³/mol. The summed E-state index contributed by atoms with van der Waals surface area (Å²) in [5.74, 6) is 9.49. The van der Waals surface area contributed by atoms with Crippen LogP contribution >= 0.6 is 0 Å². The normalized spacial score (nSPS) is 8.32. The number of hydrogen-bond donors (Lipinski definition) is 1.